The Morgan fingerprint density at radius 1 is 1.25 bits per heavy atom. The molecular formula is C23H25ClN4O3S. The molecule has 0 atom stereocenters. The Kier molecular flexibility index (Phi) is 8.58. The van der Waals surface area contributed by atoms with Crippen LogP contribution >= 0.6 is 23.4 Å². The van der Waals surface area contributed by atoms with Crippen LogP contribution in [0.4, 0.5) is 5.69 Å². The Hall–Kier alpha value is -2.97. The Morgan fingerprint density at radius 3 is 2.75 bits per heavy atom. The summed E-state index contributed by atoms with van der Waals surface area (Å²) in [7, 11) is 1.61. The van der Waals surface area contributed by atoms with Crippen LogP contribution in [0, 0.1) is 6.92 Å². The predicted octanol–water partition coefficient (Wildman–Crippen LogP) is 4.79. The molecule has 0 aliphatic rings. The maximum atomic E-state index is 12.5. The minimum Gasteiger partial charge on any atom is -0.493 e. The minimum atomic E-state index is -0.196. The lowest BCUT2D eigenvalue weighted by Crippen LogP contribution is -2.18. The molecule has 3 aromatic rings. The zero-order valence-electron chi connectivity index (χ0n) is 18.0. The summed E-state index contributed by atoms with van der Waals surface area (Å²) in [5, 5.41) is 12.6. The van der Waals surface area contributed by atoms with E-state index in [1.54, 1.807) is 19.3 Å². The predicted molar refractivity (Wildman–Crippen MR) is 128 cm³/mol. The number of nitrogens with one attached hydrogen (secondary N) is 1. The number of amides is 1. The van der Waals surface area contributed by atoms with Gasteiger partial charge in [-0.05, 0) is 36.8 Å². The van der Waals surface area contributed by atoms with Crippen LogP contribution < -0.4 is 14.8 Å². The van der Waals surface area contributed by atoms with Gasteiger partial charge in [0.2, 0.25) is 5.91 Å². The molecule has 0 fully saturated rings. The number of halogens is 1. The monoisotopic (exact) mass is 472 g/mol. The van der Waals surface area contributed by atoms with Crippen molar-refractivity contribution in [2.45, 2.75) is 25.0 Å². The zero-order valence-corrected chi connectivity index (χ0v) is 19.6. The molecular weight excluding hydrogens is 448 g/mol. The van der Waals surface area contributed by atoms with Crippen LogP contribution in [0.1, 0.15) is 11.4 Å². The van der Waals surface area contributed by atoms with Gasteiger partial charge in [-0.1, -0.05) is 47.6 Å². The number of rotatable bonds is 11. The first kappa shape index (κ1) is 23.7. The summed E-state index contributed by atoms with van der Waals surface area (Å²) in [4.78, 5) is 12.5. The van der Waals surface area contributed by atoms with E-state index in [1.807, 2.05) is 47.9 Å². The largest absolute Gasteiger partial charge is 0.493 e. The minimum absolute atomic E-state index is 0.0879. The number of nitrogens with zero attached hydrogens (tertiary/aromatic N) is 3. The van der Waals surface area contributed by atoms with Crippen molar-refractivity contribution in [2.75, 3.05) is 24.8 Å². The molecule has 0 unspecified atom stereocenters. The highest BCUT2D eigenvalue weighted by atomic mass is 35.5. The van der Waals surface area contributed by atoms with Crippen LogP contribution in [0.5, 0.6) is 11.5 Å². The van der Waals surface area contributed by atoms with E-state index < -0.39 is 0 Å². The third-order valence-electron chi connectivity index (χ3n) is 4.52. The molecule has 1 amide bonds. The summed E-state index contributed by atoms with van der Waals surface area (Å²) in [6.45, 7) is 6.68. The standard InChI is InChI=1S/C23H25ClN4O3S/c1-4-11-28-21(15-22(29)25-17-10-9-16(2)18(24)14-17)26-27-23(28)32-13-12-31-20-8-6-5-7-19(20)30-3/h4-10,14H,1,11-13,15H2,2-3H3,(H,25,29). The third-order valence-corrected chi connectivity index (χ3v) is 5.86. The molecule has 0 bridgehead atoms. The number of aryl methyl sites for hydroxylation is 1. The molecule has 0 saturated heterocycles. The van der Waals surface area contributed by atoms with Gasteiger partial charge in [0.25, 0.3) is 0 Å². The lowest BCUT2D eigenvalue weighted by Gasteiger charge is -2.11. The number of allylic oxidation sites excluding steroid dienone is 1. The van der Waals surface area contributed by atoms with E-state index in [2.05, 4.69) is 22.1 Å². The Bertz CT molecular complexity index is 1090. The SMILES string of the molecule is C=CCn1c(CC(=O)Nc2ccc(C)c(Cl)c2)nnc1SCCOc1ccccc1OC. The summed E-state index contributed by atoms with van der Waals surface area (Å²) in [5.74, 6) is 2.40. The first-order valence-corrected chi connectivity index (χ1v) is 11.4. The van der Waals surface area contributed by atoms with Gasteiger partial charge in [-0.25, -0.2) is 0 Å². The number of benzene rings is 2. The van der Waals surface area contributed by atoms with Crippen LogP contribution in [0.3, 0.4) is 0 Å². The summed E-state index contributed by atoms with van der Waals surface area (Å²) in [6.07, 6.45) is 1.84. The number of carbonyl (C=O) groups is 1. The molecule has 3 rings (SSSR count). The Morgan fingerprint density at radius 2 is 2.03 bits per heavy atom. The van der Waals surface area contributed by atoms with Crippen molar-refractivity contribution in [2.24, 2.45) is 0 Å². The van der Waals surface area contributed by atoms with Gasteiger partial charge in [0.1, 0.15) is 5.82 Å². The van der Waals surface area contributed by atoms with Crippen molar-refractivity contribution in [3.63, 3.8) is 0 Å². The van der Waals surface area contributed by atoms with Gasteiger partial charge in [-0.2, -0.15) is 0 Å². The summed E-state index contributed by atoms with van der Waals surface area (Å²) >= 11 is 7.64. The van der Waals surface area contributed by atoms with Gasteiger partial charge in [-0.3, -0.25) is 4.79 Å². The quantitative estimate of drug-likeness (QED) is 0.245. The molecule has 32 heavy (non-hydrogen) atoms. The van der Waals surface area contributed by atoms with Crippen LogP contribution in [0.25, 0.3) is 0 Å². The van der Waals surface area contributed by atoms with E-state index in [4.69, 9.17) is 21.1 Å². The lowest BCUT2D eigenvalue weighted by atomic mass is 10.2. The van der Waals surface area contributed by atoms with Gasteiger partial charge in [0.15, 0.2) is 16.7 Å². The number of carbonyl (C=O) groups excluding carboxylic acids is 1. The van der Waals surface area contributed by atoms with Crippen LogP contribution in [-0.2, 0) is 17.8 Å². The Balaban J connectivity index is 1.58. The highest BCUT2D eigenvalue weighted by Crippen LogP contribution is 2.26. The maximum Gasteiger partial charge on any atom is 0.232 e. The van der Waals surface area contributed by atoms with Crippen molar-refractivity contribution in [3.05, 3.63) is 71.5 Å². The third kappa shape index (κ3) is 6.27. The van der Waals surface area contributed by atoms with E-state index in [9.17, 15) is 4.79 Å². The molecule has 9 heteroatoms. The zero-order chi connectivity index (χ0) is 22.9. The number of hydrogen-bond acceptors (Lipinski definition) is 6. The molecule has 1 aromatic heterocycles. The fourth-order valence-electron chi connectivity index (χ4n) is 2.91. The molecule has 0 aliphatic carbocycles. The van der Waals surface area contributed by atoms with Crippen LogP contribution in [0.15, 0.2) is 60.3 Å². The van der Waals surface area contributed by atoms with Crippen molar-refractivity contribution in [1.29, 1.82) is 0 Å². The average molecular weight is 473 g/mol. The van der Waals surface area contributed by atoms with Gasteiger partial charge in [0.05, 0.1) is 20.1 Å². The van der Waals surface area contributed by atoms with Crippen molar-refractivity contribution in [1.82, 2.24) is 14.8 Å². The number of ether oxygens (including phenoxy) is 2. The summed E-state index contributed by atoms with van der Waals surface area (Å²) in [6, 6.07) is 12.9. The first-order chi connectivity index (χ1) is 15.5. The first-order valence-electron chi connectivity index (χ1n) is 9.99. The molecule has 0 aliphatic heterocycles. The molecule has 0 saturated carbocycles. The molecule has 2 aromatic carbocycles. The number of para-hydroxylation sites is 2. The van der Waals surface area contributed by atoms with E-state index in [0.717, 1.165) is 5.56 Å². The highest BCUT2D eigenvalue weighted by molar-refractivity contribution is 7.99. The van der Waals surface area contributed by atoms with Gasteiger partial charge >= 0.3 is 0 Å². The molecule has 1 N–H and O–H groups in total. The summed E-state index contributed by atoms with van der Waals surface area (Å²) < 4.78 is 13.0. The number of anilines is 1. The fourth-order valence-corrected chi connectivity index (χ4v) is 3.88. The molecule has 168 valence electrons. The lowest BCUT2D eigenvalue weighted by molar-refractivity contribution is -0.115. The van der Waals surface area contributed by atoms with Gasteiger partial charge in [0, 0.05) is 23.0 Å². The smallest absolute Gasteiger partial charge is 0.232 e. The van der Waals surface area contributed by atoms with Crippen molar-refractivity contribution < 1.29 is 14.3 Å². The average Bonchev–Trinajstić information content (AvgIpc) is 3.15. The Labute approximate surface area is 196 Å². The summed E-state index contributed by atoms with van der Waals surface area (Å²) in [5.41, 5.74) is 1.59. The second-order valence-corrected chi connectivity index (χ2v) is 8.30. The molecule has 0 radical (unpaired) electrons. The number of methoxy groups -OCH3 is 1. The second kappa shape index (κ2) is 11.6. The number of aromatic nitrogens is 3. The highest BCUT2D eigenvalue weighted by Gasteiger charge is 2.15. The van der Waals surface area contributed by atoms with Gasteiger partial charge < -0.3 is 19.4 Å². The maximum absolute atomic E-state index is 12.5. The molecule has 1 heterocycles. The topological polar surface area (TPSA) is 78.3 Å². The van der Waals surface area contributed by atoms with E-state index in [0.29, 0.717) is 52.1 Å². The van der Waals surface area contributed by atoms with E-state index in [1.165, 1.54) is 11.8 Å². The number of thioether (sulfide) groups is 1. The fraction of sp³-hybridized carbons (Fsp3) is 0.261. The van der Waals surface area contributed by atoms with Crippen LogP contribution in [-0.4, -0.2) is 40.1 Å². The van der Waals surface area contributed by atoms with Crippen molar-refractivity contribution in [3.8, 4) is 11.5 Å². The van der Waals surface area contributed by atoms with Gasteiger partial charge in [-0.15, -0.1) is 16.8 Å². The molecule has 7 nitrogen and oxygen atoms in total. The van der Waals surface area contributed by atoms with E-state index >= 15 is 0 Å². The van der Waals surface area contributed by atoms with Crippen molar-refractivity contribution >= 4 is 35.0 Å². The second-order valence-electron chi connectivity index (χ2n) is 6.83. The normalized spacial score (nSPS) is 10.6. The van der Waals surface area contributed by atoms with E-state index in [-0.39, 0.29) is 12.3 Å². The van der Waals surface area contributed by atoms with Crippen LogP contribution in [0.2, 0.25) is 5.02 Å². The molecule has 0 spiro atoms. The number of hydrogen-bond donors (Lipinski definition) is 1.